The van der Waals surface area contributed by atoms with Gasteiger partial charge in [0.1, 0.15) is 0 Å². The van der Waals surface area contributed by atoms with Crippen molar-refractivity contribution in [2.45, 2.75) is 32.2 Å². The zero-order chi connectivity index (χ0) is 13.8. The Hall–Kier alpha value is -2.04. The fourth-order valence-electron chi connectivity index (χ4n) is 2.85. The summed E-state index contributed by atoms with van der Waals surface area (Å²) in [4.78, 5) is 26.1. The molecular weight excluding hydrogens is 244 g/mol. The van der Waals surface area contributed by atoms with Crippen LogP contribution in [-0.2, 0) is 5.54 Å². The highest BCUT2D eigenvalue weighted by Crippen LogP contribution is 2.44. The number of fused-ring (bicyclic) bond motifs is 1. The lowest BCUT2D eigenvalue weighted by Gasteiger charge is -2.26. The second-order valence-corrected chi connectivity index (χ2v) is 5.70. The first-order valence-corrected chi connectivity index (χ1v) is 6.40. The van der Waals surface area contributed by atoms with Crippen molar-refractivity contribution in [1.29, 1.82) is 0 Å². The van der Waals surface area contributed by atoms with Crippen molar-refractivity contribution in [2.24, 2.45) is 5.92 Å². The van der Waals surface area contributed by atoms with Crippen LogP contribution >= 0.6 is 0 Å². The Morgan fingerprint density at radius 2 is 2.11 bits per heavy atom. The molecular formula is C14H16N2O3. The molecule has 3 rings (SSSR count). The number of carbonyl (C=O) groups is 1. The summed E-state index contributed by atoms with van der Waals surface area (Å²) in [6, 6.07) is 4.98. The molecule has 0 radical (unpaired) electrons. The molecule has 2 aromatic rings. The predicted octanol–water partition coefficient (Wildman–Crippen LogP) is 2.17. The number of nitrogens with one attached hydrogen (secondary N) is 1. The van der Waals surface area contributed by atoms with Crippen LogP contribution in [0.4, 0.5) is 0 Å². The van der Waals surface area contributed by atoms with Crippen molar-refractivity contribution in [3.63, 3.8) is 0 Å². The summed E-state index contributed by atoms with van der Waals surface area (Å²) in [5, 5.41) is 9.18. The number of aromatic amines is 1. The molecule has 0 bridgehead atoms. The fourth-order valence-corrected chi connectivity index (χ4v) is 2.85. The van der Waals surface area contributed by atoms with Crippen LogP contribution < -0.4 is 5.69 Å². The summed E-state index contributed by atoms with van der Waals surface area (Å²) in [5.41, 5.74) is 0.697. The van der Waals surface area contributed by atoms with Crippen LogP contribution in [0.3, 0.4) is 0 Å². The number of hydrogen-bond acceptors (Lipinski definition) is 2. The average molecular weight is 260 g/mol. The van der Waals surface area contributed by atoms with E-state index in [2.05, 4.69) is 4.98 Å². The quantitative estimate of drug-likeness (QED) is 0.888. The van der Waals surface area contributed by atoms with Gasteiger partial charge >= 0.3 is 11.7 Å². The first kappa shape index (κ1) is 12.0. The van der Waals surface area contributed by atoms with E-state index >= 15 is 0 Å². The number of carboxylic acid groups (broad SMARTS) is 1. The Kier molecular flexibility index (Phi) is 2.36. The maximum absolute atomic E-state index is 12.2. The van der Waals surface area contributed by atoms with Gasteiger partial charge in [-0.25, -0.2) is 9.59 Å². The molecule has 5 heteroatoms. The standard InChI is InChI=1S/C14H16N2O3/c1-14(2,8-6-7-8)16-10-5-3-4-9(12(17)18)11(10)15-13(16)19/h3-5,8H,6-7H2,1-2H3,(H,15,19)(H,17,18). The average Bonchev–Trinajstić information content (AvgIpc) is 3.11. The van der Waals surface area contributed by atoms with Gasteiger partial charge in [0.25, 0.3) is 0 Å². The summed E-state index contributed by atoms with van der Waals surface area (Å²) >= 11 is 0. The van der Waals surface area contributed by atoms with Crippen molar-refractivity contribution in [3.8, 4) is 0 Å². The lowest BCUT2D eigenvalue weighted by atomic mass is 9.98. The summed E-state index contributed by atoms with van der Waals surface area (Å²) in [6.07, 6.45) is 2.23. The molecule has 1 aromatic heterocycles. The molecule has 5 nitrogen and oxygen atoms in total. The molecule has 0 atom stereocenters. The molecule has 1 aliphatic carbocycles. The maximum Gasteiger partial charge on any atom is 0.337 e. The van der Waals surface area contributed by atoms with Gasteiger partial charge in [-0.15, -0.1) is 0 Å². The lowest BCUT2D eigenvalue weighted by Crippen LogP contribution is -2.36. The summed E-state index contributed by atoms with van der Waals surface area (Å²) < 4.78 is 1.70. The van der Waals surface area contributed by atoms with Gasteiger partial charge in [-0.1, -0.05) is 6.07 Å². The van der Waals surface area contributed by atoms with Crippen LogP contribution in [0, 0.1) is 5.92 Å². The third kappa shape index (κ3) is 1.69. The number of para-hydroxylation sites is 1. The van der Waals surface area contributed by atoms with E-state index in [1.165, 1.54) is 6.07 Å². The minimum Gasteiger partial charge on any atom is -0.478 e. The van der Waals surface area contributed by atoms with Gasteiger partial charge in [0.15, 0.2) is 0 Å². The second kappa shape index (κ2) is 3.73. The maximum atomic E-state index is 12.2. The van der Waals surface area contributed by atoms with E-state index in [4.69, 9.17) is 0 Å². The number of aromatic nitrogens is 2. The normalized spacial score (nSPS) is 15.9. The highest BCUT2D eigenvalue weighted by atomic mass is 16.4. The molecule has 1 heterocycles. The monoisotopic (exact) mass is 260 g/mol. The smallest absolute Gasteiger partial charge is 0.337 e. The number of imidazole rings is 1. The van der Waals surface area contributed by atoms with Crippen molar-refractivity contribution >= 4 is 17.0 Å². The van der Waals surface area contributed by atoms with Gasteiger partial charge in [0.05, 0.1) is 16.6 Å². The van der Waals surface area contributed by atoms with E-state index in [0.29, 0.717) is 17.0 Å². The molecule has 1 aromatic carbocycles. The Morgan fingerprint density at radius 3 is 2.68 bits per heavy atom. The Balaban J connectivity index is 2.32. The van der Waals surface area contributed by atoms with E-state index in [9.17, 15) is 14.7 Å². The first-order valence-electron chi connectivity index (χ1n) is 6.40. The lowest BCUT2D eigenvalue weighted by molar-refractivity contribution is 0.0699. The van der Waals surface area contributed by atoms with E-state index < -0.39 is 5.97 Å². The van der Waals surface area contributed by atoms with Crippen molar-refractivity contribution < 1.29 is 9.90 Å². The number of benzene rings is 1. The molecule has 1 aliphatic rings. The predicted molar refractivity (Wildman–Crippen MR) is 71.6 cm³/mol. The zero-order valence-electron chi connectivity index (χ0n) is 10.9. The fraction of sp³-hybridized carbons (Fsp3) is 0.429. The molecule has 19 heavy (non-hydrogen) atoms. The van der Waals surface area contributed by atoms with Crippen LogP contribution in [0.1, 0.15) is 37.0 Å². The topological polar surface area (TPSA) is 75.1 Å². The molecule has 100 valence electrons. The Bertz CT molecular complexity index is 720. The molecule has 0 saturated heterocycles. The number of carboxylic acids is 1. The zero-order valence-corrected chi connectivity index (χ0v) is 10.9. The number of H-pyrrole nitrogens is 1. The van der Waals surface area contributed by atoms with Crippen LogP contribution in [0.5, 0.6) is 0 Å². The third-order valence-electron chi connectivity index (χ3n) is 4.10. The number of hydrogen-bond donors (Lipinski definition) is 2. The number of aromatic carboxylic acids is 1. The minimum absolute atomic E-state index is 0.139. The van der Waals surface area contributed by atoms with Crippen molar-refractivity contribution in [3.05, 3.63) is 34.2 Å². The molecule has 2 N–H and O–H groups in total. The first-order chi connectivity index (χ1) is 8.93. The molecule has 0 amide bonds. The highest BCUT2D eigenvalue weighted by molar-refractivity contribution is 6.00. The number of nitrogens with zero attached hydrogens (tertiary/aromatic N) is 1. The van der Waals surface area contributed by atoms with Crippen molar-refractivity contribution in [1.82, 2.24) is 9.55 Å². The van der Waals surface area contributed by atoms with Crippen molar-refractivity contribution in [2.75, 3.05) is 0 Å². The largest absolute Gasteiger partial charge is 0.478 e. The Labute approximate surface area is 109 Å². The molecule has 0 spiro atoms. The highest BCUT2D eigenvalue weighted by Gasteiger charge is 2.41. The van der Waals surface area contributed by atoms with Gasteiger partial charge in [0, 0.05) is 5.54 Å². The van der Waals surface area contributed by atoms with Crippen LogP contribution in [-0.4, -0.2) is 20.6 Å². The second-order valence-electron chi connectivity index (χ2n) is 5.70. The van der Waals surface area contributed by atoms with Gasteiger partial charge in [-0.2, -0.15) is 0 Å². The summed E-state index contributed by atoms with van der Waals surface area (Å²) in [7, 11) is 0. The SMILES string of the molecule is CC(C)(C1CC1)n1c(=O)[nH]c2c(C(=O)O)cccc21. The van der Waals surface area contributed by atoms with Crippen LogP contribution in [0.15, 0.2) is 23.0 Å². The Morgan fingerprint density at radius 1 is 1.42 bits per heavy atom. The van der Waals surface area contributed by atoms with E-state index in [1.54, 1.807) is 16.7 Å². The van der Waals surface area contributed by atoms with E-state index in [1.807, 2.05) is 13.8 Å². The summed E-state index contributed by atoms with van der Waals surface area (Å²) in [5.74, 6) is -0.541. The van der Waals surface area contributed by atoms with Crippen LogP contribution in [0.2, 0.25) is 0 Å². The minimum atomic E-state index is -1.02. The van der Waals surface area contributed by atoms with Gasteiger partial charge in [-0.05, 0) is 44.7 Å². The molecule has 0 aliphatic heterocycles. The van der Waals surface area contributed by atoms with Crippen LogP contribution in [0.25, 0.3) is 11.0 Å². The molecule has 0 unspecified atom stereocenters. The van der Waals surface area contributed by atoms with Gasteiger partial charge in [-0.3, -0.25) is 4.57 Å². The molecule has 1 saturated carbocycles. The number of rotatable bonds is 3. The van der Waals surface area contributed by atoms with Gasteiger partial charge < -0.3 is 10.1 Å². The molecule has 1 fully saturated rings. The third-order valence-corrected chi connectivity index (χ3v) is 4.10. The van der Waals surface area contributed by atoms with E-state index in [-0.39, 0.29) is 16.8 Å². The van der Waals surface area contributed by atoms with Gasteiger partial charge in [0.2, 0.25) is 0 Å². The summed E-state index contributed by atoms with van der Waals surface area (Å²) in [6.45, 7) is 4.07. The van der Waals surface area contributed by atoms with E-state index in [0.717, 1.165) is 12.8 Å².